The lowest BCUT2D eigenvalue weighted by atomic mass is 9.75. The van der Waals surface area contributed by atoms with Gasteiger partial charge in [-0.05, 0) is 54.7 Å². The summed E-state index contributed by atoms with van der Waals surface area (Å²) in [5.74, 6) is -1.59. The molecule has 3 amide bonds. The van der Waals surface area contributed by atoms with E-state index in [0.717, 1.165) is 37.7 Å². The van der Waals surface area contributed by atoms with Crippen molar-refractivity contribution in [1.29, 1.82) is 0 Å². The summed E-state index contributed by atoms with van der Waals surface area (Å²) in [5.41, 5.74) is -0.0302. The second-order valence-electron chi connectivity index (χ2n) is 9.83. The van der Waals surface area contributed by atoms with E-state index in [0.29, 0.717) is 18.7 Å². The van der Waals surface area contributed by atoms with Crippen LogP contribution in [-0.2, 0) is 19.8 Å². The van der Waals surface area contributed by atoms with E-state index < -0.39 is 11.2 Å². The number of hydrogen-bond acceptors (Lipinski definition) is 3. The molecule has 3 fully saturated rings. The van der Waals surface area contributed by atoms with Gasteiger partial charge in [0.15, 0.2) is 0 Å². The van der Waals surface area contributed by atoms with Crippen LogP contribution in [0.5, 0.6) is 0 Å². The normalized spacial score (nSPS) is 25.5. The lowest BCUT2D eigenvalue weighted by Gasteiger charge is -2.30. The molecule has 7 heteroatoms. The third kappa shape index (κ3) is 4.01. The fourth-order valence-corrected chi connectivity index (χ4v) is 5.91. The monoisotopic (exact) mass is 466 g/mol. The lowest BCUT2D eigenvalue weighted by Crippen LogP contribution is -2.45. The van der Waals surface area contributed by atoms with E-state index in [2.05, 4.69) is 0 Å². The van der Waals surface area contributed by atoms with Gasteiger partial charge in [0.25, 0.3) is 0 Å². The molecule has 2 atom stereocenters. The van der Waals surface area contributed by atoms with E-state index >= 15 is 0 Å². The number of halogens is 2. The topological polar surface area (TPSA) is 57.7 Å². The lowest BCUT2D eigenvalue weighted by molar-refractivity contribution is -0.144. The summed E-state index contributed by atoms with van der Waals surface area (Å²) in [6.45, 7) is 0.993. The van der Waals surface area contributed by atoms with Gasteiger partial charge in [-0.15, -0.1) is 0 Å². The Morgan fingerprint density at radius 1 is 0.971 bits per heavy atom. The second-order valence-corrected chi connectivity index (χ2v) is 9.83. The molecular formula is C27H28F2N2O3. The first-order valence-electron chi connectivity index (χ1n) is 12.0. The summed E-state index contributed by atoms with van der Waals surface area (Å²) in [5, 5.41) is 0. The van der Waals surface area contributed by atoms with Gasteiger partial charge in [0.05, 0.1) is 5.41 Å². The Hall–Kier alpha value is -3.09. The van der Waals surface area contributed by atoms with E-state index in [-0.39, 0.29) is 48.3 Å². The first-order valence-corrected chi connectivity index (χ1v) is 12.0. The number of rotatable bonds is 5. The van der Waals surface area contributed by atoms with Crippen molar-refractivity contribution in [2.24, 2.45) is 0 Å². The molecule has 0 radical (unpaired) electrons. The van der Waals surface area contributed by atoms with Crippen molar-refractivity contribution < 1.29 is 23.2 Å². The number of hydrogen-bond donors (Lipinski definition) is 0. The highest BCUT2D eigenvalue weighted by Gasteiger charge is 2.56. The fourth-order valence-electron chi connectivity index (χ4n) is 5.91. The predicted octanol–water partition coefficient (Wildman–Crippen LogP) is 4.31. The quantitative estimate of drug-likeness (QED) is 0.617. The van der Waals surface area contributed by atoms with Gasteiger partial charge in [-0.25, -0.2) is 8.78 Å². The minimum atomic E-state index is -1.38. The van der Waals surface area contributed by atoms with Crippen molar-refractivity contribution in [1.82, 2.24) is 9.80 Å². The molecule has 2 heterocycles. The third-order valence-corrected chi connectivity index (χ3v) is 7.75. The van der Waals surface area contributed by atoms with Gasteiger partial charge in [-0.1, -0.05) is 37.1 Å². The third-order valence-electron chi connectivity index (χ3n) is 7.75. The summed E-state index contributed by atoms with van der Waals surface area (Å²) >= 11 is 0. The SMILES string of the molecule is O=C(C[C@]1(c2cccc(F)c2)CC(=O)N(C2CCCC2)C1=O)N1CC[C@@H](c2ccc(F)cc2)C1. The van der Waals surface area contributed by atoms with Crippen LogP contribution in [-0.4, -0.2) is 46.7 Å². The van der Waals surface area contributed by atoms with E-state index in [9.17, 15) is 23.2 Å². The molecule has 0 bridgehead atoms. The number of imide groups is 1. The Kier molecular flexibility index (Phi) is 5.96. The molecule has 0 N–H and O–H groups in total. The Morgan fingerprint density at radius 3 is 2.41 bits per heavy atom. The number of benzene rings is 2. The van der Waals surface area contributed by atoms with Crippen molar-refractivity contribution in [3.8, 4) is 0 Å². The second kappa shape index (κ2) is 8.93. The van der Waals surface area contributed by atoms with Crippen molar-refractivity contribution in [3.63, 3.8) is 0 Å². The molecule has 5 nitrogen and oxygen atoms in total. The van der Waals surface area contributed by atoms with Crippen molar-refractivity contribution >= 4 is 17.7 Å². The smallest absolute Gasteiger partial charge is 0.241 e. The zero-order valence-electron chi connectivity index (χ0n) is 19.0. The predicted molar refractivity (Wildman–Crippen MR) is 122 cm³/mol. The van der Waals surface area contributed by atoms with Gasteiger partial charge in [-0.3, -0.25) is 19.3 Å². The molecular weight excluding hydrogens is 438 g/mol. The minimum absolute atomic E-state index is 0.0885. The average molecular weight is 467 g/mol. The molecule has 2 aliphatic heterocycles. The molecule has 2 aromatic carbocycles. The van der Waals surface area contributed by atoms with Gasteiger partial charge in [0.1, 0.15) is 11.6 Å². The number of carbonyl (C=O) groups excluding carboxylic acids is 3. The van der Waals surface area contributed by atoms with E-state index in [1.807, 2.05) is 0 Å². The van der Waals surface area contributed by atoms with Crippen LogP contribution in [0.3, 0.4) is 0 Å². The van der Waals surface area contributed by atoms with E-state index in [1.165, 1.54) is 35.2 Å². The number of nitrogens with zero attached hydrogens (tertiary/aromatic N) is 2. The highest BCUT2D eigenvalue weighted by atomic mass is 19.1. The van der Waals surface area contributed by atoms with Crippen LogP contribution in [0.25, 0.3) is 0 Å². The standard InChI is InChI=1S/C27H28F2N2O3/c28-21-10-8-18(9-11-21)19-12-13-30(17-19)24(32)15-27(20-4-3-5-22(29)14-20)16-25(33)31(26(27)34)23-6-1-2-7-23/h3-5,8-11,14,19,23H,1-2,6-7,12-13,15-17H2/t19-,27-/m1/s1. The van der Waals surface area contributed by atoms with E-state index in [4.69, 9.17) is 0 Å². The molecule has 0 spiro atoms. The molecule has 2 saturated heterocycles. The minimum Gasteiger partial charge on any atom is -0.342 e. The summed E-state index contributed by atoms with van der Waals surface area (Å²) in [6.07, 6.45) is 3.93. The van der Waals surface area contributed by atoms with Gasteiger partial charge >= 0.3 is 0 Å². The zero-order chi connectivity index (χ0) is 23.9. The van der Waals surface area contributed by atoms with Crippen LogP contribution in [0.15, 0.2) is 48.5 Å². The Bertz CT molecular complexity index is 1110. The average Bonchev–Trinajstić information content (AvgIpc) is 3.55. The van der Waals surface area contributed by atoms with Crippen LogP contribution in [0, 0.1) is 11.6 Å². The molecule has 5 rings (SSSR count). The van der Waals surface area contributed by atoms with Crippen molar-refractivity contribution in [2.45, 2.75) is 62.3 Å². The number of amides is 3. The molecule has 1 saturated carbocycles. The largest absolute Gasteiger partial charge is 0.342 e. The Morgan fingerprint density at radius 2 is 1.71 bits per heavy atom. The zero-order valence-corrected chi connectivity index (χ0v) is 19.0. The summed E-state index contributed by atoms with van der Waals surface area (Å²) in [7, 11) is 0. The molecule has 178 valence electrons. The van der Waals surface area contributed by atoms with Gasteiger partial charge in [-0.2, -0.15) is 0 Å². The maximum absolute atomic E-state index is 14.2. The van der Waals surface area contributed by atoms with Gasteiger partial charge in [0.2, 0.25) is 17.7 Å². The van der Waals surface area contributed by atoms with Gasteiger partial charge < -0.3 is 4.90 Å². The Labute approximate surface area is 197 Å². The molecule has 1 aliphatic carbocycles. The van der Waals surface area contributed by atoms with Gasteiger partial charge in [0, 0.05) is 37.9 Å². The van der Waals surface area contributed by atoms with Crippen LogP contribution >= 0.6 is 0 Å². The highest BCUT2D eigenvalue weighted by molar-refractivity contribution is 6.11. The number of carbonyl (C=O) groups is 3. The van der Waals surface area contributed by atoms with Crippen LogP contribution in [0.1, 0.15) is 62.0 Å². The summed E-state index contributed by atoms with van der Waals surface area (Å²) < 4.78 is 27.5. The Balaban J connectivity index is 1.40. The molecule has 34 heavy (non-hydrogen) atoms. The molecule has 0 aromatic heterocycles. The molecule has 2 aromatic rings. The molecule has 0 unspecified atom stereocenters. The van der Waals surface area contributed by atoms with Crippen LogP contribution in [0.2, 0.25) is 0 Å². The maximum atomic E-state index is 14.2. The summed E-state index contributed by atoms with van der Waals surface area (Å²) in [6, 6.07) is 11.9. The van der Waals surface area contributed by atoms with Crippen LogP contribution < -0.4 is 0 Å². The first-order chi connectivity index (χ1) is 16.4. The summed E-state index contributed by atoms with van der Waals surface area (Å²) in [4.78, 5) is 43.4. The number of likely N-dealkylation sites (tertiary alicyclic amines) is 2. The van der Waals surface area contributed by atoms with Crippen molar-refractivity contribution in [2.75, 3.05) is 13.1 Å². The van der Waals surface area contributed by atoms with Crippen LogP contribution in [0.4, 0.5) is 8.78 Å². The van der Waals surface area contributed by atoms with Crippen molar-refractivity contribution in [3.05, 3.63) is 71.3 Å². The fraction of sp³-hybridized carbons (Fsp3) is 0.444. The van der Waals surface area contributed by atoms with E-state index in [1.54, 1.807) is 23.1 Å². The highest BCUT2D eigenvalue weighted by Crippen LogP contribution is 2.43. The first kappa shape index (κ1) is 22.7. The maximum Gasteiger partial charge on any atom is 0.241 e. The molecule has 3 aliphatic rings.